The van der Waals surface area contributed by atoms with Gasteiger partial charge in [-0.3, -0.25) is 10.1 Å². The summed E-state index contributed by atoms with van der Waals surface area (Å²) in [5.41, 5.74) is 1.77. The van der Waals surface area contributed by atoms with Crippen LogP contribution in [0.5, 0.6) is 0 Å². The SMILES string of the molecule is O=[N+]([O-])c1ccc(CCn2cnc(CO)c2)cc1. The van der Waals surface area contributed by atoms with E-state index in [0.717, 1.165) is 18.5 Å². The molecule has 0 saturated heterocycles. The van der Waals surface area contributed by atoms with E-state index in [1.54, 1.807) is 24.7 Å². The minimum Gasteiger partial charge on any atom is -0.390 e. The van der Waals surface area contributed by atoms with Gasteiger partial charge in [0.1, 0.15) is 0 Å². The van der Waals surface area contributed by atoms with Gasteiger partial charge in [0.15, 0.2) is 0 Å². The number of aliphatic hydroxyl groups excluding tert-OH is 1. The summed E-state index contributed by atoms with van der Waals surface area (Å²) in [6.45, 7) is 0.662. The summed E-state index contributed by atoms with van der Waals surface area (Å²) >= 11 is 0. The molecule has 0 aliphatic rings. The lowest BCUT2D eigenvalue weighted by molar-refractivity contribution is -0.384. The highest BCUT2D eigenvalue weighted by molar-refractivity contribution is 5.32. The van der Waals surface area contributed by atoms with E-state index in [4.69, 9.17) is 5.11 Å². The second kappa shape index (κ2) is 5.42. The largest absolute Gasteiger partial charge is 0.390 e. The van der Waals surface area contributed by atoms with Crippen molar-refractivity contribution in [1.82, 2.24) is 9.55 Å². The zero-order chi connectivity index (χ0) is 13.0. The first-order valence-corrected chi connectivity index (χ1v) is 5.54. The number of aromatic nitrogens is 2. The Morgan fingerprint density at radius 1 is 1.33 bits per heavy atom. The topological polar surface area (TPSA) is 81.2 Å². The van der Waals surface area contributed by atoms with E-state index in [0.29, 0.717) is 5.69 Å². The molecule has 1 aromatic carbocycles. The van der Waals surface area contributed by atoms with Gasteiger partial charge in [0.25, 0.3) is 5.69 Å². The number of nitrogens with zero attached hydrogens (tertiary/aromatic N) is 3. The molecule has 0 atom stereocenters. The molecular weight excluding hydrogens is 234 g/mol. The third-order valence-electron chi connectivity index (χ3n) is 2.65. The monoisotopic (exact) mass is 247 g/mol. The number of hydrogen-bond donors (Lipinski definition) is 1. The number of non-ortho nitro benzene ring substituents is 1. The van der Waals surface area contributed by atoms with Crippen molar-refractivity contribution in [3.05, 3.63) is 58.2 Å². The van der Waals surface area contributed by atoms with Gasteiger partial charge in [-0.2, -0.15) is 0 Å². The fraction of sp³-hybridized carbons (Fsp3) is 0.250. The lowest BCUT2D eigenvalue weighted by Crippen LogP contribution is -1.98. The fourth-order valence-electron chi connectivity index (χ4n) is 1.65. The van der Waals surface area contributed by atoms with Gasteiger partial charge in [0.05, 0.1) is 23.6 Å². The molecule has 0 radical (unpaired) electrons. The lowest BCUT2D eigenvalue weighted by atomic mass is 10.1. The van der Waals surface area contributed by atoms with Crippen LogP contribution in [0.3, 0.4) is 0 Å². The molecule has 1 N–H and O–H groups in total. The van der Waals surface area contributed by atoms with Crippen LogP contribution in [0, 0.1) is 10.1 Å². The molecule has 0 spiro atoms. The number of aryl methyl sites for hydroxylation is 2. The highest BCUT2D eigenvalue weighted by Crippen LogP contribution is 2.12. The van der Waals surface area contributed by atoms with Crippen molar-refractivity contribution in [2.45, 2.75) is 19.6 Å². The number of hydrogen-bond acceptors (Lipinski definition) is 4. The smallest absolute Gasteiger partial charge is 0.269 e. The van der Waals surface area contributed by atoms with Gasteiger partial charge < -0.3 is 9.67 Å². The zero-order valence-corrected chi connectivity index (χ0v) is 9.69. The predicted octanol–water partition coefficient (Wildman–Crippen LogP) is 1.53. The molecule has 6 nitrogen and oxygen atoms in total. The van der Waals surface area contributed by atoms with Crippen molar-refractivity contribution in [1.29, 1.82) is 0 Å². The maximum absolute atomic E-state index is 10.5. The average molecular weight is 247 g/mol. The molecule has 0 bridgehead atoms. The zero-order valence-electron chi connectivity index (χ0n) is 9.69. The molecule has 0 aliphatic heterocycles. The van der Waals surface area contributed by atoms with E-state index < -0.39 is 4.92 Å². The standard InChI is InChI=1S/C12H13N3O3/c16-8-11-7-14(9-13-11)6-5-10-1-3-12(4-2-10)15(17)18/h1-4,7,9,16H,5-6,8H2. The number of nitro benzene ring substituents is 1. The van der Waals surface area contributed by atoms with Crippen LogP contribution in [0.15, 0.2) is 36.8 Å². The third-order valence-corrected chi connectivity index (χ3v) is 2.65. The quantitative estimate of drug-likeness (QED) is 0.641. The summed E-state index contributed by atoms with van der Waals surface area (Å²) in [5.74, 6) is 0. The Labute approximate surface area is 104 Å². The van der Waals surface area contributed by atoms with Crippen LogP contribution in [-0.4, -0.2) is 19.6 Å². The lowest BCUT2D eigenvalue weighted by Gasteiger charge is -2.02. The van der Waals surface area contributed by atoms with Crippen LogP contribution in [0.2, 0.25) is 0 Å². The Balaban J connectivity index is 1.95. The van der Waals surface area contributed by atoms with Crippen molar-refractivity contribution in [2.24, 2.45) is 0 Å². The second-order valence-electron chi connectivity index (χ2n) is 3.93. The molecule has 2 rings (SSSR count). The fourth-order valence-corrected chi connectivity index (χ4v) is 1.65. The van der Waals surface area contributed by atoms with Gasteiger partial charge in [-0.15, -0.1) is 0 Å². The number of rotatable bonds is 5. The van der Waals surface area contributed by atoms with Crippen molar-refractivity contribution in [3.8, 4) is 0 Å². The summed E-state index contributed by atoms with van der Waals surface area (Å²) in [4.78, 5) is 14.1. The first-order valence-electron chi connectivity index (χ1n) is 5.54. The van der Waals surface area contributed by atoms with E-state index in [1.165, 1.54) is 12.1 Å². The molecule has 6 heteroatoms. The van der Waals surface area contributed by atoms with Crippen molar-refractivity contribution in [3.63, 3.8) is 0 Å². The van der Waals surface area contributed by atoms with Crippen molar-refractivity contribution >= 4 is 5.69 Å². The van der Waals surface area contributed by atoms with Gasteiger partial charge in [-0.1, -0.05) is 12.1 Å². The summed E-state index contributed by atoms with van der Waals surface area (Å²) < 4.78 is 1.88. The molecule has 0 fully saturated rings. The number of nitro groups is 1. The van der Waals surface area contributed by atoms with Gasteiger partial charge in [0, 0.05) is 24.9 Å². The molecule has 0 unspecified atom stereocenters. The van der Waals surface area contributed by atoms with E-state index in [9.17, 15) is 10.1 Å². The van der Waals surface area contributed by atoms with Crippen molar-refractivity contribution in [2.75, 3.05) is 0 Å². The maximum atomic E-state index is 10.5. The van der Waals surface area contributed by atoms with E-state index in [-0.39, 0.29) is 12.3 Å². The predicted molar refractivity (Wildman–Crippen MR) is 65.0 cm³/mol. The first-order chi connectivity index (χ1) is 8.69. The minimum atomic E-state index is -0.410. The number of aliphatic hydroxyl groups is 1. The van der Waals surface area contributed by atoms with E-state index >= 15 is 0 Å². The van der Waals surface area contributed by atoms with Gasteiger partial charge >= 0.3 is 0 Å². The summed E-state index contributed by atoms with van der Waals surface area (Å²) in [7, 11) is 0. The van der Waals surface area contributed by atoms with Crippen LogP contribution >= 0.6 is 0 Å². The van der Waals surface area contributed by atoms with E-state index in [1.807, 2.05) is 4.57 Å². The second-order valence-corrected chi connectivity index (χ2v) is 3.93. The number of benzene rings is 1. The Hall–Kier alpha value is -2.21. The Bertz CT molecular complexity index is 534. The number of imidazole rings is 1. The normalized spacial score (nSPS) is 10.5. The maximum Gasteiger partial charge on any atom is 0.269 e. The summed E-state index contributed by atoms with van der Waals surface area (Å²) in [6, 6.07) is 6.51. The van der Waals surface area contributed by atoms with Crippen molar-refractivity contribution < 1.29 is 10.0 Å². The van der Waals surface area contributed by atoms with Crippen LogP contribution in [0.1, 0.15) is 11.3 Å². The van der Waals surface area contributed by atoms with Crippen LogP contribution < -0.4 is 0 Å². The molecular formula is C12H13N3O3. The van der Waals surface area contributed by atoms with Gasteiger partial charge in [-0.05, 0) is 12.0 Å². The molecule has 18 heavy (non-hydrogen) atoms. The highest BCUT2D eigenvalue weighted by atomic mass is 16.6. The van der Waals surface area contributed by atoms with E-state index in [2.05, 4.69) is 4.98 Å². The molecule has 0 amide bonds. The summed E-state index contributed by atoms with van der Waals surface area (Å²) in [6.07, 6.45) is 4.21. The molecule has 0 saturated carbocycles. The average Bonchev–Trinajstić information content (AvgIpc) is 2.85. The molecule has 0 aliphatic carbocycles. The molecule has 2 aromatic rings. The van der Waals surface area contributed by atoms with Gasteiger partial charge in [-0.25, -0.2) is 4.98 Å². The molecule has 94 valence electrons. The van der Waals surface area contributed by atoms with Gasteiger partial charge in [0.2, 0.25) is 0 Å². The van der Waals surface area contributed by atoms with Crippen LogP contribution in [0.4, 0.5) is 5.69 Å². The minimum absolute atomic E-state index is 0.0649. The van der Waals surface area contributed by atoms with Crippen LogP contribution in [0.25, 0.3) is 0 Å². The molecule has 1 aromatic heterocycles. The Morgan fingerprint density at radius 2 is 2.06 bits per heavy atom. The summed E-state index contributed by atoms with van der Waals surface area (Å²) in [5, 5.41) is 19.4. The first kappa shape index (κ1) is 12.3. The van der Waals surface area contributed by atoms with Crippen LogP contribution in [-0.2, 0) is 19.6 Å². The highest BCUT2D eigenvalue weighted by Gasteiger charge is 2.04. The Morgan fingerprint density at radius 3 is 2.61 bits per heavy atom. The third kappa shape index (κ3) is 2.92. The Kier molecular flexibility index (Phi) is 3.69. The molecule has 1 heterocycles.